The molecule has 1 aliphatic rings. The molecular weight excluding hydrogens is 350 g/mol. The Hall–Kier alpha value is -3.34. The zero-order chi connectivity index (χ0) is 19.2. The number of benzene rings is 2. The fraction of sp³-hybridized carbons (Fsp3) is 0.217. The van der Waals surface area contributed by atoms with Gasteiger partial charge in [-0.1, -0.05) is 48.5 Å². The Bertz CT molecular complexity index is 890. The summed E-state index contributed by atoms with van der Waals surface area (Å²) < 4.78 is 5.71. The van der Waals surface area contributed by atoms with Crippen LogP contribution in [-0.4, -0.2) is 43.6 Å². The second-order valence-corrected chi connectivity index (χ2v) is 6.79. The number of ether oxygens (including phenoxy) is 1. The zero-order valence-corrected chi connectivity index (χ0v) is 15.8. The third kappa shape index (κ3) is 4.31. The molecule has 1 aromatic heterocycles. The number of aromatic amines is 1. The van der Waals surface area contributed by atoms with Gasteiger partial charge in [0, 0.05) is 6.07 Å². The average Bonchev–Trinajstić information content (AvgIpc) is 2.79. The first-order valence-electron chi connectivity index (χ1n) is 9.57. The maximum atomic E-state index is 12.5. The van der Waals surface area contributed by atoms with E-state index in [-0.39, 0.29) is 12.5 Å². The number of carbonyl (C=O) groups excluding carboxylic acids is 1. The van der Waals surface area contributed by atoms with Crippen molar-refractivity contribution < 1.29 is 14.5 Å². The molecule has 4 rings (SSSR count). The molecule has 3 aromatic rings. The van der Waals surface area contributed by atoms with E-state index in [0.29, 0.717) is 18.8 Å². The van der Waals surface area contributed by atoms with Crippen molar-refractivity contribution in [2.24, 2.45) is 0 Å². The van der Waals surface area contributed by atoms with Crippen LogP contribution in [0.15, 0.2) is 79.0 Å². The lowest BCUT2D eigenvalue weighted by Crippen LogP contribution is -2.51. The summed E-state index contributed by atoms with van der Waals surface area (Å²) in [7, 11) is 0. The number of aromatic nitrogens is 1. The van der Waals surface area contributed by atoms with Gasteiger partial charge in [-0.25, -0.2) is 4.98 Å². The lowest BCUT2D eigenvalue weighted by Gasteiger charge is -2.30. The van der Waals surface area contributed by atoms with Crippen LogP contribution in [0.25, 0.3) is 11.1 Å². The van der Waals surface area contributed by atoms with Gasteiger partial charge in [0.15, 0.2) is 6.61 Å². The predicted octanol–water partition coefficient (Wildman–Crippen LogP) is 2.90. The Balaban J connectivity index is 1.27. The monoisotopic (exact) mass is 374 g/mol. The maximum absolute atomic E-state index is 12.5. The van der Waals surface area contributed by atoms with Crippen LogP contribution in [0.5, 0.6) is 5.75 Å². The van der Waals surface area contributed by atoms with E-state index in [4.69, 9.17) is 4.74 Å². The first kappa shape index (κ1) is 18.0. The summed E-state index contributed by atoms with van der Waals surface area (Å²) in [6, 6.07) is 24.1. The van der Waals surface area contributed by atoms with Crippen molar-refractivity contribution in [3.63, 3.8) is 0 Å². The van der Waals surface area contributed by atoms with Gasteiger partial charge in [0.25, 0.3) is 11.7 Å². The Kier molecular flexibility index (Phi) is 5.52. The van der Waals surface area contributed by atoms with Crippen LogP contribution in [0, 0.1) is 0 Å². The SMILES string of the molecule is O=C(COc1ccc(-c2ccccc2)cc1)N1CCN(c2cccc[nH+]2)CC1. The van der Waals surface area contributed by atoms with Gasteiger partial charge in [0.1, 0.15) is 18.8 Å². The molecule has 5 heteroatoms. The van der Waals surface area contributed by atoms with Gasteiger partial charge in [-0.05, 0) is 29.3 Å². The normalized spacial score (nSPS) is 14.0. The van der Waals surface area contributed by atoms with E-state index < -0.39 is 0 Å². The van der Waals surface area contributed by atoms with Crippen LogP contribution in [-0.2, 0) is 4.79 Å². The van der Waals surface area contributed by atoms with Gasteiger partial charge < -0.3 is 9.64 Å². The van der Waals surface area contributed by atoms with Crippen LogP contribution in [0.2, 0.25) is 0 Å². The fourth-order valence-corrected chi connectivity index (χ4v) is 3.39. The van der Waals surface area contributed by atoms with Crippen molar-refractivity contribution in [3.8, 4) is 16.9 Å². The first-order chi connectivity index (χ1) is 13.8. The molecule has 1 amide bonds. The molecule has 1 fully saturated rings. The summed E-state index contributed by atoms with van der Waals surface area (Å²) in [5, 5.41) is 0. The minimum absolute atomic E-state index is 0.0313. The highest BCUT2D eigenvalue weighted by Crippen LogP contribution is 2.22. The number of anilines is 1. The largest absolute Gasteiger partial charge is 0.484 e. The van der Waals surface area contributed by atoms with Crippen molar-refractivity contribution in [2.45, 2.75) is 0 Å². The zero-order valence-electron chi connectivity index (χ0n) is 15.8. The lowest BCUT2D eigenvalue weighted by atomic mass is 10.1. The van der Waals surface area contributed by atoms with Crippen molar-refractivity contribution in [3.05, 3.63) is 79.0 Å². The quantitative estimate of drug-likeness (QED) is 0.690. The minimum Gasteiger partial charge on any atom is -0.484 e. The third-order valence-corrected chi connectivity index (χ3v) is 4.99. The maximum Gasteiger partial charge on any atom is 0.274 e. The number of H-pyrrole nitrogens is 1. The number of nitrogens with zero attached hydrogens (tertiary/aromatic N) is 2. The summed E-state index contributed by atoms with van der Waals surface area (Å²) >= 11 is 0. The number of piperazine rings is 1. The molecule has 2 aromatic carbocycles. The summed E-state index contributed by atoms with van der Waals surface area (Å²) in [4.78, 5) is 19.9. The number of carbonyl (C=O) groups is 1. The Morgan fingerprint density at radius 1 is 0.821 bits per heavy atom. The highest BCUT2D eigenvalue weighted by Gasteiger charge is 2.26. The van der Waals surface area contributed by atoms with E-state index in [1.807, 2.05) is 65.7 Å². The van der Waals surface area contributed by atoms with Crippen LogP contribution in [0.4, 0.5) is 5.82 Å². The molecule has 142 valence electrons. The molecule has 5 nitrogen and oxygen atoms in total. The third-order valence-electron chi connectivity index (χ3n) is 4.99. The average molecular weight is 374 g/mol. The summed E-state index contributed by atoms with van der Waals surface area (Å²) in [6.45, 7) is 3.12. The van der Waals surface area contributed by atoms with Gasteiger partial charge in [0.05, 0.1) is 19.3 Å². The van der Waals surface area contributed by atoms with Crippen molar-refractivity contribution >= 4 is 11.7 Å². The molecule has 0 saturated carbocycles. The van der Waals surface area contributed by atoms with Crippen LogP contribution < -0.4 is 14.6 Å². The van der Waals surface area contributed by atoms with Crippen LogP contribution >= 0.6 is 0 Å². The van der Waals surface area contributed by atoms with E-state index >= 15 is 0 Å². The standard InChI is InChI=1S/C23H23N3O2/c27-23(26-16-14-25(15-17-26)22-8-4-5-13-24-22)18-28-21-11-9-20(10-12-21)19-6-2-1-3-7-19/h1-13H,14-18H2/p+1. The van der Waals surface area contributed by atoms with E-state index in [9.17, 15) is 4.79 Å². The Morgan fingerprint density at radius 2 is 1.50 bits per heavy atom. The predicted molar refractivity (Wildman–Crippen MR) is 109 cm³/mol. The number of nitrogens with one attached hydrogen (secondary N) is 1. The van der Waals surface area contributed by atoms with E-state index in [0.717, 1.165) is 24.5 Å². The van der Waals surface area contributed by atoms with E-state index in [1.54, 1.807) is 0 Å². The minimum atomic E-state index is 0.0313. The Morgan fingerprint density at radius 3 is 2.18 bits per heavy atom. The molecule has 28 heavy (non-hydrogen) atoms. The van der Waals surface area contributed by atoms with Crippen molar-refractivity contribution in [1.82, 2.24) is 4.90 Å². The summed E-state index contributed by atoms with van der Waals surface area (Å²) in [6.07, 6.45) is 1.92. The lowest BCUT2D eigenvalue weighted by molar-refractivity contribution is -0.364. The highest BCUT2D eigenvalue weighted by molar-refractivity contribution is 5.78. The van der Waals surface area contributed by atoms with Gasteiger partial charge in [-0.3, -0.25) is 9.69 Å². The van der Waals surface area contributed by atoms with Gasteiger partial charge in [-0.15, -0.1) is 0 Å². The number of amides is 1. The topological polar surface area (TPSA) is 46.9 Å². The summed E-state index contributed by atoms with van der Waals surface area (Å²) in [5.41, 5.74) is 2.30. The molecule has 2 heterocycles. The van der Waals surface area contributed by atoms with Gasteiger partial charge in [0.2, 0.25) is 0 Å². The van der Waals surface area contributed by atoms with Gasteiger partial charge >= 0.3 is 0 Å². The molecule has 1 aliphatic heterocycles. The first-order valence-corrected chi connectivity index (χ1v) is 9.57. The van der Waals surface area contributed by atoms with Crippen LogP contribution in [0.3, 0.4) is 0 Å². The molecule has 0 atom stereocenters. The molecule has 0 radical (unpaired) electrons. The molecule has 0 spiro atoms. The second-order valence-electron chi connectivity index (χ2n) is 6.79. The Labute approximate surface area is 165 Å². The van der Waals surface area contributed by atoms with Crippen molar-refractivity contribution in [2.75, 3.05) is 37.7 Å². The molecule has 1 N–H and O–H groups in total. The van der Waals surface area contributed by atoms with Crippen LogP contribution in [0.1, 0.15) is 0 Å². The number of hydrogen-bond donors (Lipinski definition) is 0. The summed E-state index contributed by atoms with van der Waals surface area (Å²) in [5.74, 6) is 1.83. The smallest absolute Gasteiger partial charge is 0.274 e. The molecule has 1 saturated heterocycles. The molecule has 0 unspecified atom stereocenters. The van der Waals surface area contributed by atoms with Crippen molar-refractivity contribution in [1.29, 1.82) is 0 Å². The fourth-order valence-electron chi connectivity index (χ4n) is 3.39. The second kappa shape index (κ2) is 8.57. The number of pyridine rings is 1. The molecular formula is C23H24N3O2+. The molecule has 0 bridgehead atoms. The van der Waals surface area contributed by atoms with Gasteiger partial charge in [-0.2, -0.15) is 0 Å². The number of rotatable bonds is 5. The highest BCUT2D eigenvalue weighted by atomic mass is 16.5. The van der Waals surface area contributed by atoms with E-state index in [1.165, 1.54) is 5.56 Å². The number of hydrogen-bond acceptors (Lipinski definition) is 3. The molecule has 0 aliphatic carbocycles. The van der Waals surface area contributed by atoms with E-state index in [2.05, 4.69) is 28.1 Å².